The lowest BCUT2D eigenvalue weighted by molar-refractivity contribution is 0.358. The van der Waals surface area contributed by atoms with E-state index in [1.54, 1.807) is 12.1 Å². The van der Waals surface area contributed by atoms with Crippen molar-refractivity contribution in [1.82, 2.24) is 0 Å². The Morgan fingerprint density at radius 2 is 1.89 bits per heavy atom. The van der Waals surface area contributed by atoms with Crippen molar-refractivity contribution in [1.29, 1.82) is 0 Å². The van der Waals surface area contributed by atoms with E-state index in [9.17, 15) is 5.11 Å². The molecule has 0 amide bonds. The molecule has 1 rings (SSSR count). The fourth-order valence-corrected chi connectivity index (χ4v) is 1.78. The van der Waals surface area contributed by atoms with Gasteiger partial charge in [0.1, 0.15) is 18.1 Å². The second-order valence-electron chi connectivity index (χ2n) is 5.19. The van der Waals surface area contributed by atoms with Crippen LogP contribution in [0.5, 0.6) is 11.5 Å². The molecule has 0 fully saturated rings. The minimum atomic E-state index is 0.249. The average Bonchev–Trinajstić information content (AvgIpc) is 2.27. The van der Waals surface area contributed by atoms with Gasteiger partial charge < -0.3 is 9.84 Å². The van der Waals surface area contributed by atoms with E-state index in [-0.39, 0.29) is 5.75 Å². The number of benzene rings is 1. The Labute approximate surface area is 116 Å². The van der Waals surface area contributed by atoms with Crippen LogP contribution in [0.4, 0.5) is 0 Å². The third-order valence-corrected chi connectivity index (χ3v) is 2.81. The Kier molecular flexibility index (Phi) is 6.20. The molecule has 1 aromatic carbocycles. The molecule has 0 bridgehead atoms. The summed E-state index contributed by atoms with van der Waals surface area (Å²) in [5, 5.41) is 9.47. The first kappa shape index (κ1) is 15.4. The first-order valence-corrected chi connectivity index (χ1v) is 6.70. The number of phenols is 1. The Hall–Kier alpha value is -1.70. The number of aryl methyl sites for hydroxylation is 1. The van der Waals surface area contributed by atoms with E-state index in [0.717, 1.165) is 18.4 Å². The first-order chi connectivity index (χ1) is 8.97. The molecule has 0 unspecified atom stereocenters. The highest BCUT2D eigenvalue weighted by atomic mass is 16.5. The van der Waals surface area contributed by atoms with Gasteiger partial charge in [0, 0.05) is 6.07 Å². The molecule has 19 heavy (non-hydrogen) atoms. The molecule has 0 atom stereocenters. The number of rotatable bonds is 6. The van der Waals surface area contributed by atoms with Crippen LogP contribution >= 0.6 is 0 Å². The molecule has 2 heteroatoms. The van der Waals surface area contributed by atoms with Crippen molar-refractivity contribution in [3.63, 3.8) is 0 Å². The largest absolute Gasteiger partial charge is 0.508 e. The molecular formula is C17H24O2. The van der Waals surface area contributed by atoms with E-state index in [2.05, 4.69) is 32.9 Å². The quantitative estimate of drug-likeness (QED) is 0.746. The summed E-state index contributed by atoms with van der Waals surface area (Å²) in [5.41, 5.74) is 3.69. The molecular weight excluding hydrogens is 236 g/mol. The van der Waals surface area contributed by atoms with E-state index in [0.29, 0.717) is 12.4 Å². The van der Waals surface area contributed by atoms with Crippen LogP contribution in [0.25, 0.3) is 0 Å². The van der Waals surface area contributed by atoms with Gasteiger partial charge in [-0.25, -0.2) is 0 Å². The highest BCUT2D eigenvalue weighted by molar-refractivity contribution is 5.36. The van der Waals surface area contributed by atoms with E-state index in [1.165, 1.54) is 11.1 Å². The molecule has 0 heterocycles. The normalized spacial score (nSPS) is 11.3. The number of hydrogen-bond acceptors (Lipinski definition) is 2. The van der Waals surface area contributed by atoms with E-state index in [4.69, 9.17) is 4.74 Å². The first-order valence-electron chi connectivity index (χ1n) is 6.70. The second-order valence-corrected chi connectivity index (χ2v) is 5.19. The van der Waals surface area contributed by atoms with Crippen LogP contribution < -0.4 is 4.74 Å². The van der Waals surface area contributed by atoms with Gasteiger partial charge in [-0.1, -0.05) is 17.2 Å². The predicted octanol–water partition coefficient (Wildman–Crippen LogP) is 4.77. The molecule has 0 aliphatic rings. The number of hydrogen-bond donors (Lipinski definition) is 1. The van der Waals surface area contributed by atoms with Gasteiger partial charge in [-0.05, 0) is 64.3 Å². The molecule has 0 saturated carbocycles. The van der Waals surface area contributed by atoms with Crippen LogP contribution in [0.2, 0.25) is 0 Å². The van der Waals surface area contributed by atoms with Gasteiger partial charge in [-0.3, -0.25) is 0 Å². The lowest BCUT2D eigenvalue weighted by Gasteiger charge is -2.06. The topological polar surface area (TPSA) is 29.5 Å². The maximum atomic E-state index is 9.47. The Morgan fingerprint density at radius 3 is 2.53 bits per heavy atom. The maximum absolute atomic E-state index is 9.47. The molecule has 0 aromatic heterocycles. The van der Waals surface area contributed by atoms with Crippen molar-refractivity contribution in [2.75, 3.05) is 6.61 Å². The number of aromatic hydroxyl groups is 1. The van der Waals surface area contributed by atoms with E-state index < -0.39 is 0 Å². The fourth-order valence-electron chi connectivity index (χ4n) is 1.78. The zero-order valence-corrected chi connectivity index (χ0v) is 12.4. The van der Waals surface area contributed by atoms with Crippen molar-refractivity contribution < 1.29 is 9.84 Å². The van der Waals surface area contributed by atoms with Gasteiger partial charge in [-0.15, -0.1) is 0 Å². The minimum absolute atomic E-state index is 0.249. The van der Waals surface area contributed by atoms with Crippen molar-refractivity contribution in [3.8, 4) is 11.5 Å². The predicted molar refractivity (Wildman–Crippen MR) is 80.8 cm³/mol. The lowest BCUT2D eigenvalue weighted by atomic mass is 10.1. The second kappa shape index (κ2) is 7.67. The zero-order chi connectivity index (χ0) is 14.3. The Balaban J connectivity index is 2.41. The van der Waals surface area contributed by atoms with Gasteiger partial charge in [0.05, 0.1) is 0 Å². The van der Waals surface area contributed by atoms with Crippen LogP contribution in [-0.4, -0.2) is 11.7 Å². The minimum Gasteiger partial charge on any atom is -0.508 e. The van der Waals surface area contributed by atoms with Crippen molar-refractivity contribution in [2.24, 2.45) is 0 Å². The molecule has 0 aliphatic heterocycles. The third-order valence-electron chi connectivity index (χ3n) is 2.81. The molecule has 1 N–H and O–H groups in total. The summed E-state index contributed by atoms with van der Waals surface area (Å²) in [7, 11) is 0. The van der Waals surface area contributed by atoms with Gasteiger partial charge in [-0.2, -0.15) is 0 Å². The van der Waals surface area contributed by atoms with Gasteiger partial charge in [0.2, 0.25) is 0 Å². The summed E-state index contributed by atoms with van der Waals surface area (Å²) in [6.45, 7) is 8.84. The summed E-state index contributed by atoms with van der Waals surface area (Å²) in [6, 6.07) is 5.28. The zero-order valence-electron chi connectivity index (χ0n) is 12.4. The lowest BCUT2D eigenvalue weighted by Crippen LogP contribution is -1.95. The SMILES string of the molecule is CC(C)=CCC/C(C)=C/COc1cc(C)cc(O)c1. The number of allylic oxidation sites excluding steroid dienone is 3. The Morgan fingerprint density at radius 1 is 1.16 bits per heavy atom. The summed E-state index contributed by atoms with van der Waals surface area (Å²) in [4.78, 5) is 0. The van der Waals surface area contributed by atoms with E-state index >= 15 is 0 Å². The molecule has 0 radical (unpaired) electrons. The standard InChI is InChI=1S/C17H24O2/c1-13(2)6-5-7-14(3)8-9-19-17-11-15(4)10-16(18)12-17/h6,8,10-12,18H,5,7,9H2,1-4H3/b14-8+. The summed E-state index contributed by atoms with van der Waals surface area (Å²) in [5.74, 6) is 0.963. The van der Waals surface area contributed by atoms with Crippen molar-refractivity contribution in [3.05, 3.63) is 47.1 Å². The molecule has 0 aliphatic carbocycles. The van der Waals surface area contributed by atoms with Gasteiger partial charge in [0.15, 0.2) is 0 Å². The number of phenolic OH excluding ortho intramolecular Hbond substituents is 1. The molecule has 2 nitrogen and oxygen atoms in total. The van der Waals surface area contributed by atoms with Crippen LogP contribution in [-0.2, 0) is 0 Å². The molecule has 0 saturated heterocycles. The van der Waals surface area contributed by atoms with Crippen LogP contribution in [0.3, 0.4) is 0 Å². The highest BCUT2D eigenvalue weighted by Gasteiger charge is 1.97. The highest BCUT2D eigenvalue weighted by Crippen LogP contribution is 2.21. The molecule has 104 valence electrons. The van der Waals surface area contributed by atoms with Crippen LogP contribution in [0.15, 0.2) is 41.5 Å². The van der Waals surface area contributed by atoms with Gasteiger partial charge >= 0.3 is 0 Å². The maximum Gasteiger partial charge on any atom is 0.123 e. The summed E-state index contributed by atoms with van der Waals surface area (Å²) >= 11 is 0. The summed E-state index contributed by atoms with van der Waals surface area (Å²) in [6.07, 6.45) is 6.48. The number of ether oxygens (including phenoxy) is 1. The van der Waals surface area contributed by atoms with Crippen LogP contribution in [0.1, 0.15) is 39.2 Å². The molecule has 1 aromatic rings. The van der Waals surface area contributed by atoms with Gasteiger partial charge in [0.25, 0.3) is 0 Å². The fraction of sp³-hybridized carbons (Fsp3) is 0.412. The Bertz CT molecular complexity index is 446. The molecule has 0 spiro atoms. The summed E-state index contributed by atoms with van der Waals surface area (Å²) < 4.78 is 5.61. The van der Waals surface area contributed by atoms with E-state index in [1.807, 2.05) is 13.0 Å². The van der Waals surface area contributed by atoms with Crippen LogP contribution in [0, 0.1) is 6.92 Å². The smallest absolute Gasteiger partial charge is 0.123 e. The third kappa shape index (κ3) is 6.70. The monoisotopic (exact) mass is 260 g/mol. The van der Waals surface area contributed by atoms with Crippen molar-refractivity contribution in [2.45, 2.75) is 40.5 Å². The average molecular weight is 260 g/mol. The van der Waals surface area contributed by atoms with Crippen molar-refractivity contribution >= 4 is 0 Å².